The summed E-state index contributed by atoms with van der Waals surface area (Å²) in [7, 11) is 0. The first kappa shape index (κ1) is 20.4. The van der Waals surface area contributed by atoms with Gasteiger partial charge in [-0.05, 0) is 58.9 Å². The Bertz CT molecular complexity index is 1210. The van der Waals surface area contributed by atoms with E-state index in [0.717, 1.165) is 12.0 Å². The molecule has 4 rings (SSSR count). The van der Waals surface area contributed by atoms with Crippen LogP contribution in [0.2, 0.25) is 0 Å². The Labute approximate surface area is 185 Å². The Morgan fingerprint density at radius 3 is 1.90 bits per heavy atom. The summed E-state index contributed by atoms with van der Waals surface area (Å²) >= 11 is 0. The number of allylic oxidation sites excluding steroid dienone is 4. The Kier molecular flexibility index (Phi) is 6.75. The van der Waals surface area contributed by atoms with Gasteiger partial charge in [0.15, 0.2) is 0 Å². The van der Waals surface area contributed by atoms with Crippen molar-refractivity contribution in [2.45, 2.75) is 13.3 Å². The summed E-state index contributed by atoms with van der Waals surface area (Å²) in [5, 5.41) is 0. The lowest BCUT2D eigenvalue weighted by atomic mass is 9.94. The highest BCUT2D eigenvalue weighted by Gasteiger charge is 2.06. The molecule has 0 nitrogen and oxygen atoms in total. The van der Waals surface area contributed by atoms with Gasteiger partial charge in [0.05, 0.1) is 0 Å². The van der Waals surface area contributed by atoms with E-state index in [9.17, 15) is 0 Å². The first-order chi connectivity index (χ1) is 15.3. The van der Waals surface area contributed by atoms with Gasteiger partial charge in [0.1, 0.15) is 0 Å². The van der Waals surface area contributed by atoms with E-state index in [1.165, 1.54) is 33.4 Å². The number of hydrogen-bond acceptors (Lipinski definition) is 0. The average Bonchev–Trinajstić information content (AvgIpc) is 2.83. The molecule has 150 valence electrons. The van der Waals surface area contributed by atoms with Gasteiger partial charge in [0, 0.05) is 5.57 Å². The summed E-state index contributed by atoms with van der Waals surface area (Å²) in [4.78, 5) is 0. The zero-order chi connectivity index (χ0) is 21.3. The van der Waals surface area contributed by atoms with Crippen molar-refractivity contribution < 1.29 is 0 Å². The zero-order valence-electron chi connectivity index (χ0n) is 17.8. The lowest BCUT2D eigenvalue weighted by Crippen LogP contribution is -1.91. The number of benzene rings is 3. The van der Waals surface area contributed by atoms with Gasteiger partial charge in [-0.15, -0.1) is 5.73 Å². The predicted molar refractivity (Wildman–Crippen MR) is 136 cm³/mol. The van der Waals surface area contributed by atoms with Crippen LogP contribution in [0.3, 0.4) is 0 Å². The van der Waals surface area contributed by atoms with E-state index in [0.29, 0.717) is 0 Å². The van der Waals surface area contributed by atoms with Crippen molar-refractivity contribution in [3.63, 3.8) is 0 Å². The van der Waals surface area contributed by atoms with E-state index < -0.39 is 0 Å². The molecule has 31 heavy (non-hydrogen) atoms. The van der Waals surface area contributed by atoms with Crippen molar-refractivity contribution in [3.05, 3.63) is 142 Å². The van der Waals surface area contributed by atoms with Gasteiger partial charge in [0.25, 0.3) is 0 Å². The normalized spacial score (nSPS) is 13.5. The molecule has 0 saturated carbocycles. The van der Waals surface area contributed by atoms with Crippen molar-refractivity contribution in [2.24, 2.45) is 0 Å². The van der Waals surface area contributed by atoms with Crippen LogP contribution in [-0.4, -0.2) is 0 Å². The van der Waals surface area contributed by atoms with E-state index in [1.807, 2.05) is 12.1 Å². The molecule has 0 unspecified atom stereocenters. The summed E-state index contributed by atoms with van der Waals surface area (Å²) in [6.07, 6.45) is 20.5. The molecule has 0 atom stereocenters. The molecule has 0 aromatic heterocycles. The molecule has 0 heterocycles. The molecule has 3 aromatic carbocycles. The van der Waals surface area contributed by atoms with E-state index in [4.69, 9.17) is 0 Å². The molecule has 0 amide bonds. The fourth-order valence-electron chi connectivity index (χ4n) is 3.57. The van der Waals surface area contributed by atoms with Crippen LogP contribution in [0.25, 0.3) is 30.4 Å². The average molecular weight is 399 g/mol. The summed E-state index contributed by atoms with van der Waals surface area (Å²) in [5.41, 5.74) is 11.7. The van der Waals surface area contributed by atoms with Crippen LogP contribution in [-0.2, 0) is 0 Å². The molecule has 0 saturated heterocycles. The quantitative estimate of drug-likeness (QED) is 0.289. The fourth-order valence-corrected chi connectivity index (χ4v) is 3.57. The number of rotatable bonds is 6. The van der Waals surface area contributed by atoms with Gasteiger partial charge in [-0.1, -0.05) is 115 Å². The van der Waals surface area contributed by atoms with E-state index in [2.05, 4.69) is 128 Å². The minimum Gasteiger partial charge on any atom is -0.117 e. The number of hydrogen-bond donors (Lipinski definition) is 0. The second kappa shape index (κ2) is 10.3. The highest BCUT2D eigenvalue weighted by atomic mass is 14.1. The molecule has 0 radical (unpaired) electrons. The van der Waals surface area contributed by atoms with E-state index in [-0.39, 0.29) is 0 Å². The third-order valence-corrected chi connectivity index (χ3v) is 5.29. The van der Waals surface area contributed by atoms with Gasteiger partial charge in [-0.25, -0.2) is 0 Å². The fraction of sp³-hybridized carbons (Fsp3) is 0.0645. The van der Waals surface area contributed by atoms with Crippen LogP contribution < -0.4 is 0 Å². The van der Waals surface area contributed by atoms with Crippen molar-refractivity contribution >= 4 is 30.4 Å². The predicted octanol–water partition coefficient (Wildman–Crippen LogP) is 8.39. The number of aryl methyl sites for hydroxylation is 1. The molecule has 0 N–H and O–H groups in total. The van der Waals surface area contributed by atoms with Crippen LogP contribution >= 0.6 is 0 Å². The van der Waals surface area contributed by atoms with Crippen LogP contribution in [0.1, 0.15) is 39.8 Å². The second-order valence-electron chi connectivity index (χ2n) is 7.56. The molecule has 1 aliphatic carbocycles. The Hall–Kier alpha value is -3.86. The Morgan fingerprint density at radius 2 is 1.29 bits per heavy atom. The first-order valence-electron chi connectivity index (χ1n) is 10.7. The SMILES string of the molecule is Cc1ccc(/C=C/C2=C=CCC=C2)c(/C=C/c2ccccc2)c1/C=C/c1ccccc1. The van der Waals surface area contributed by atoms with Crippen molar-refractivity contribution in [1.82, 2.24) is 0 Å². The summed E-state index contributed by atoms with van der Waals surface area (Å²) in [6, 6.07) is 25.3. The maximum absolute atomic E-state index is 3.33. The van der Waals surface area contributed by atoms with Gasteiger partial charge >= 0.3 is 0 Å². The van der Waals surface area contributed by atoms with Crippen LogP contribution in [0.4, 0.5) is 0 Å². The first-order valence-corrected chi connectivity index (χ1v) is 10.7. The highest BCUT2D eigenvalue weighted by Crippen LogP contribution is 2.26. The second-order valence-corrected chi connectivity index (χ2v) is 7.56. The highest BCUT2D eigenvalue weighted by molar-refractivity contribution is 5.85. The van der Waals surface area contributed by atoms with Crippen molar-refractivity contribution in [1.29, 1.82) is 0 Å². The van der Waals surface area contributed by atoms with Crippen LogP contribution in [0.15, 0.2) is 108 Å². The molecule has 0 spiro atoms. The van der Waals surface area contributed by atoms with E-state index >= 15 is 0 Å². The van der Waals surface area contributed by atoms with E-state index in [1.54, 1.807) is 0 Å². The van der Waals surface area contributed by atoms with Crippen molar-refractivity contribution in [2.75, 3.05) is 0 Å². The molecule has 1 aliphatic rings. The molecular formula is C31H26. The van der Waals surface area contributed by atoms with Crippen molar-refractivity contribution in [3.8, 4) is 0 Å². The smallest absolute Gasteiger partial charge is 0.0158 e. The van der Waals surface area contributed by atoms with Crippen LogP contribution in [0.5, 0.6) is 0 Å². The summed E-state index contributed by atoms with van der Waals surface area (Å²) in [5.74, 6) is 0. The molecule has 0 heteroatoms. The van der Waals surface area contributed by atoms with Gasteiger partial charge < -0.3 is 0 Å². The molecule has 0 bridgehead atoms. The lowest BCUT2D eigenvalue weighted by Gasteiger charge is -2.11. The molecule has 0 aliphatic heterocycles. The van der Waals surface area contributed by atoms with Gasteiger partial charge in [0.2, 0.25) is 0 Å². The Morgan fingerprint density at radius 1 is 0.645 bits per heavy atom. The molecule has 0 fully saturated rings. The minimum absolute atomic E-state index is 0.960. The third kappa shape index (κ3) is 5.60. The van der Waals surface area contributed by atoms with Gasteiger partial charge in [-0.2, -0.15) is 0 Å². The third-order valence-electron chi connectivity index (χ3n) is 5.29. The topological polar surface area (TPSA) is 0 Å². The Balaban J connectivity index is 1.77. The van der Waals surface area contributed by atoms with Gasteiger partial charge in [-0.3, -0.25) is 0 Å². The standard InChI is InChI=1S/C31H26/c1-25-17-21-29(22-18-26-11-5-2-6-12-26)31(24-20-28-15-9-4-10-16-28)30(25)23-19-27-13-7-3-8-14-27/h3-11,13-24H,2H2,1H3/b22-18+,23-19+,24-20+. The minimum atomic E-state index is 0.960. The zero-order valence-corrected chi connectivity index (χ0v) is 17.8. The monoisotopic (exact) mass is 398 g/mol. The summed E-state index contributed by atoms with van der Waals surface area (Å²) in [6.45, 7) is 2.17. The lowest BCUT2D eigenvalue weighted by molar-refractivity contribution is 1.36. The van der Waals surface area contributed by atoms with Crippen LogP contribution in [0, 0.1) is 6.92 Å². The molecular weight excluding hydrogens is 372 g/mol. The maximum atomic E-state index is 3.33. The maximum Gasteiger partial charge on any atom is 0.0158 e. The summed E-state index contributed by atoms with van der Waals surface area (Å²) < 4.78 is 0. The largest absolute Gasteiger partial charge is 0.117 e. The molecule has 3 aromatic rings.